The van der Waals surface area contributed by atoms with E-state index in [2.05, 4.69) is 0 Å². The number of morpholine rings is 1. The minimum Gasteiger partial charge on any atom is -0.493 e. The first kappa shape index (κ1) is 21.8. The monoisotopic (exact) mass is 427 g/mol. The van der Waals surface area contributed by atoms with Crippen LogP contribution in [0, 0.1) is 0 Å². The topological polar surface area (TPSA) is 88.6 Å². The van der Waals surface area contributed by atoms with Gasteiger partial charge < -0.3 is 19.1 Å². The molecule has 2 saturated heterocycles. The van der Waals surface area contributed by atoms with Gasteiger partial charge in [0.25, 0.3) is 16.1 Å². The fraction of sp³-hybridized carbons (Fsp3) is 0.632. The molecule has 2 atom stereocenters. The molecule has 1 amide bonds. The van der Waals surface area contributed by atoms with Crippen LogP contribution in [0.2, 0.25) is 0 Å². The van der Waals surface area contributed by atoms with E-state index in [0.29, 0.717) is 37.7 Å². The van der Waals surface area contributed by atoms with Crippen molar-refractivity contribution < 1.29 is 27.4 Å². The Morgan fingerprint density at radius 3 is 2.21 bits per heavy atom. The van der Waals surface area contributed by atoms with Gasteiger partial charge in [-0.25, -0.2) is 0 Å². The third-order valence-corrected chi connectivity index (χ3v) is 7.02. The van der Waals surface area contributed by atoms with E-state index in [1.54, 1.807) is 30.2 Å². The summed E-state index contributed by atoms with van der Waals surface area (Å²) < 4.78 is 45.2. The second-order valence-electron chi connectivity index (χ2n) is 7.30. The number of ether oxygens (including phenoxy) is 3. The molecule has 0 aromatic heterocycles. The normalized spacial score (nSPS) is 24.3. The molecule has 0 saturated carbocycles. The molecular weight excluding hydrogens is 398 g/mol. The number of para-hydroxylation sites is 2. The van der Waals surface area contributed by atoms with Crippen LogP contribution in [0.25, 0.3) is 0 Å². The Balaban J connectivity index is 1.52. The first-order chi connectivity index (χ1) is 13.8. The standard InChI is InChI=1S/C19H29N3O6S/c1-15-12-22(13-16(2)28-15)29(24,25)21-10-8-20(9-11-21)19(23)14-27-18-7-5-4-6-17(18)26-3/h4-7,15-16H,8-14H2,1-3H3/t15-,16-/m1/s1. The molecule has 0 spiro atoms. The zero-order chi connectivity index (χ0) is 21.0. The molecule has 3 rings (SSSR count). The Hall–Kier alpha value is -1.88. The SMILES string of the molecule is COc1ccccc1OCC(=O)N1CCN(S(=O)(=O)N2C[C@@H](C)O[C@H](C)C2)CC1. The van der Waals surface area contributed by atoms with Crippen molar-refractivity contribution in [3.63, 3.8) is 0 Å². The van der Waals surface area contributed by atoms with Crippen molar-refractivity contribution in [2.24, 2.45) is 0 Å². The van der Waals surface area contributed by atoms with Gasteiger partial charge in [0.15, 0.2) is 18.1 Å². The molecule has 0 unspecified atom stereocenters. The summed E-state index contributed by atoms with van der Waals surface area (Å²) in [5, 5.41) is 0. The lowest BCUT2D eigenvalue weighted by atomic mass is 10.3. The Morgan fingerprint density at radius 2 is 1.62 bits per heavy atom. The van der Waals surface area contributed by atoms with Crippen LogP contribution in [0.15, 0.2) is 24.3 Å². The summed E-state index contributed by atoms with van der Waals surface area (Å²) in [7, 11) is -2.02. The summed E-state index contributed by atoms with van der Waals surface area (Å²) >= 11 is 0. The van der Waals surface area contributed by atoms with Crippen molar-refractivity contribution in [3.8, 4) is 11.5 Å². The van der Waals surface area contributed by atoms with E-state index in [1.807, 2.05) is 19.9 Å². The molecule has 162 valence electrons. The molecule has 1 aromatic carbocycles. The number of amides is 1. The van der Waals surface area contributed by atoms with Gasteiger partial charge in [0.1, 0.15) is 0 Å². The maximum absolute atomic E-state index is 12.9. The maximum Gasteiger partial charge on any atom is 0.282 e. The molecule has 0 radical (unpaired) electrons. The van der Waals surface area contributed by atoms with Crippen molar-refractivity contribution in [3.05, 3.63) is 24.3 Å². The van der Waals surface area contributed by atoms with Gasteiger partial charge in [0.05, 0.1) is 19.3 Å². The van der Waals surface area contributed by atoms with Gasteiger partial charge in [-0.3, -0.25) is 4.79 Å². The smallest absolute Gasteiger partial charge is 0.282 e. The van der Waals surface area contributed by atoms with Crippen molar-refractivity contribution >= 4 is 16.1 Å². The summed E-state index contributed by atoms with van der Waals surface area (Å²) in [4.78, 5) is 14.1. The van der Waals surface area contributed by atoms with Gasteiger partial charge in [-0.15, -0.1) is 0 Å². The molecule has 2 aliphatic rings. The zero-order valence-electron chi connectivity index (χ0n) is 17.1. The molecule has 29 heavy (non-hydrogen) atoms. The minimum absolute atomic E-state index is 0.119. The van der Waals surface area contributed by atoms with Crippen LogP contribution in [-0.2, 0) is 19.7 Å². The highest BCUT2D eigenvalue weighted by molar-refractivity contribution is 7.86. The second-order valence-corrected chi connectivity index (χ2v) is 9.23. The third-order valence-electron chi connectivity index (χ3n) is 5.05. The zero-order valence-corrected chi connectivity index (χ0v) is 17.9. The predicted molar refractivity (Wildman–Crippen MR) is 107 cm³/mol. The highest BCUT2D eigenvalue weighted by Crippen LogP contribution is 2.26. The average molecular weight is 428 g/mol. The Bertz CT molecular complexity index is 800. The van der Waals surface area contributed by atoms with Crippen LogP contribution < -0.4 is 9.47 Å². The Kier molecular flexibility index (Phi) is 6.99. The minimum atomic E-state index is -3.56. The van der Waals surface area contributed by atoms with Crippen LogP contribution >= 0.6 is 0 Å². The van der Waals surface area contributed by atoms with E-state index < -0.39 is 10.2 Å². The van der Waals surface area contributed by atoms with Crippen LogP contribution in [-0.4, -0.2) is 93.0 Å². The molecular formula is C19H29N3O6S. The van der Waals surface area contributed by atoms with E-state index in [4.69, 9.17) is 14.2 Å². The van der Waals surface area contributed by atoms with Gasteiger partial charge in [-0.2, -0.15) is 17.0 Å². The predicted octanol–water partition coefficient (Wildman–Crippen LogP) is 0.572. The second kappa shape index (κ2) is 9.29. The quantitative estimate of drug-likeness (QED) is 0.660. The molecule has 2 aliphatic heterocycles. The molecule has 2 fully saturated rings. The van der Waals surface area contributed by atoms with E-state index in [1.165, 1.54) is 8.61 Å². The highest BCUT2D eigenvalue weighted by Gasteiger charge is 2.37. The Morgan fingerprint density at radius 1 is 1.03 bits per heavy atom. The fourth-order valence-electron chi connectivity index (χ4n) is 3.62. The average Bonchev–Trinajstić information content (AvgIpc) is 2.71. The van der Waals surface area contributed by atoms with Crippen molar-refractivity contribution in [1.82, 2.24) is 13.5 Å². The number of rotatable bonds is 6. The fourth-order valence-corrected chi connectivity index (χ4v) is 5.37. The summed E-state index contributed by atoms with van der Waals surface area (Å²) in [6.45, 7) is 5.52. The van der Waals surface area contributed by atoms with Crippen LogP contribution in [0.3, 0.4) is 0 Å². The number of piperazine rings is 1. The third kappa shape index (κ3) is 5.19. The first-order valence-electron chi connectivity index (χ1n) is 9.75. The number of carbonyl (C=O) groups is 1. The first-order valence-corrected chi connectivity index (χ1v) is 11.1. The number of methoxy groups -OCH3 is 1. The van der Waals surface area contributed by atoms with E-state index >= 15 is 0 Å². The van der Waals surface area contributed by atoms with Crippen molar-refractivity contribution in [2.75, 3.05) is 53.0 Å². The lowest BCUT2D eigenvalue weighted by Crippen LogP contribution is -2.58. The largest absolute Gasteiger partial charge is 0.493 e. The molecule has 0 N–H and O–H groups in total. The van der Waals surface area contributed by atoms with Crippen LogP contribution in [0.4, 0.5) is 0 Å². The number of carbonyl (C=O) groups excluding carboxylic acids is 1. The summed E-state index contributed by atoms with van der Waals surface area (Å²) in [5.74, 6) is 0.881. The van der Waals surface area contributed by atoms with E-state index in [-0.39, 0.29) is 37.8 Å². The number of hydrogen-bond acceptors (Lipinski definition) is 6. The van der Waals surface area contributed by atoms with Gasteiger partial charge in [-0.05, 0) is 26.0 Å². The summed E-state index contributed by atoms with van der Waals surface area (Å²) in [6.07, 6.45) is -0.271. The molecule has 9 nitrogen and oxygen atoms in total. The van der Waals surface area contributed by atoms with Crippen molar-refractivity contribution in [2.45, 2.75) is 26.1 Å². The van der Waals surface area contributed by atoms with Gasteiger partial charge in [0.2, 0.25) is 0 Å². The number of hydrogen-bond donors (Lipinski definition) is 0. The molecule has 2 heterocycles. The molecule has 10 heteroatoms. The van der Waals surface area contributed by atoms with Crippen molar-refractivity contribution in [1.29, 1.82) is 0 Å². The maximum atomic E-state index is 12.9. The number of benzene rings is 1. The van der Waals surface area contributed by atoms with Gasteiger partial charge in [0, 0.05) is 39.3 Å². The highest BCUT2D eigenvalue weighted by atomic mass is 32.2. The van der Waals surface area contributed by atoms with Crippen LogP contribution in [0.1, 0.15) is 13.8 Å². The van der Waals surface area contributed by atoms with E-state index in [0.717, 1.165) is 0 Å². The Labute approximate surface area is 172 Å². The van der Waals surface area contributed by atoms with Gasteiger partial charge in [-0.1, -0.05) is 12.1 Å². The lowest BCUT2D eigenvalue weighted by molar-refractivity contribution is -0.134. The molecule has 0 bridgehead atoms. The molecule has 0 aliphatic carbocycles. The summed E-state index contributed by atoms with van der Waals surface area (Å²) in [5.41, 5.74) is 0. The molecule has 1 aromatic rings. The number of nitrogens with zero attached hydrogens (tertiary/aromatic N) is 3. The van der Waals surface area contributed by atoms with Crippen LogP contribution in [0.5, 0.6) is 11.5 Å². The van der Waals surface area contributed by atoms with E-state index in [9.17, 15) is 13.2 Å². The van der Waals surface area contributed by atoms with Gasteiger partial charge >= 0.3 is 0 Å². The lowest BCUT2D eigenvalue weighted by Gasteiger charge is -2.40. The summed E-state index contributed by atoms with van der Waals surface area (Å²) in [6, 6.07) is 7.13.